The van der Waals surface area contributed by atoms with Crippen LogP contribution in [0.4, 0.5) is 0 Å². The fraction of sp³-hybridized carbons (Fsp3) is 0.500. The van der Waals surface area contributed by atoms with Crippen LogP contribution in [0.3, 0.4) is 0 Å². The van der Waals surface area contributed by atoms with E-state index in [1.54, 1.807) is 0 Å². The normalized spacial score (nSPS) is 24.9. The highest BCUT2D eigenvalue weighted by Gasteiger charge is 2.36. The second kappa shape index (κ2) is 5.98. The van der Waals surface area contributed by atoms with E-state index in [1.807, 2.05) is 25.1 Å². The summed E-state index contributed by atoms with van der Waals surface area (Å²) in [6.07, 6.45) is -0.101. The van der Waals surface area contributed by atoms with E-state index in [0.717, 1.165) is 0 Å². The quantitative estimate of drug-likeness (QED) is 0.811. The van der Waals surface area contributed by atoms with E-state index >= 15 is 0 Å². The Morgan fingerprint density at radius 1 is 1.44 bits per heavy atom. The fourth-order valence-corrected chi connectivity index (χ4v) is 2.15. The predicted octanol–water partition coefficient (Wildman–Crippen LogP) is 2.02. The first-order valence-electron chi connectivity index (χ1n) is 6.32. The largest absolute Gasteiger partial charge is 0.434 e. The molecule has 1 aliphatic rings. The van der Waals surface area contributed by atoms with Crippen molar-refractivity contribution >= 4 is 5.97 Å². The van der Waals surface area contributed by atoms with E-state index in [4.69, 9.17) is 9.47 Å². The summed E-state index contributed by atoms with van der Waals surface area (Å²) in [6, 6.07) is 10.2. The van der Waals surface area contributed by atoms with Crippen LogP contribution in [0.25, 0.3) is 0 Å². The van der Waals surface area contributed by atoms with E-state index in [9.17, 15) is 4.79 Å². The van der Waals surface area contributed by atoms with Crippen molar-refractivity contribution < 1.29 is 14.3 Å². The van der Waals surface area contributed by atoms with Crippen molar-refractivity contribution in [2.24, 2.45) is 0 Å². The maximum absolute atomic E-state index is 11.3. The first-order valence-corrected chi connectivity index (χ1v) is 6.32. The second-order valence-corrected chi connectivity index (χ2v) is 4.42. The number of rotatable bonds is 5. The molecule has 1 N–H and O–H groups in total. The first kappa shape index (κ1) is 13.1. The Balaban J connectivity index is 1.97. The molecule has 2 rings (SSSR count). The average molecular weight is 249 g/mol. The SMILES string of the molecule is CCO[C@H]1OC(=O)C[C@@H]1N[C@H](C)c1ccccc1. The fourth-order valence-electron chi connectivity index (χ4n) is 2.15. The Labute approximate surface area is 107 Å². The zero-order chi connectivity index (χ0) is 13.0. The van der Waals surface area contributed by atoms with Gasteiger partial charge >= 0.3 is 5.97 Å². The molecular weight excluding hydrogens is 230 g/mol. The lowest BCUT2D eigenvalue weighted by Gasteiger charge is -2.22. The number of hydrogen-bond acceptors (Lipinski definition) is 4. The van der Waals surface area contributed by atoms with Crippen molar-refractivity contribution in [1.29, 1.82) is 0 Å². The standard InChI is InChI=1S/C14H19NO3/c1-3-17-14-12(9-13(16)18-14)15-10(2)11-7-5-4-6-8-11/h4-8,10,12,14-15H,3,9H2,1-2H3/t10-,12+,14+/m1/s1. The molecular formula is C14H19NO3. The van der Waals surface area contributed by atoms with E-state index in [1.165, 1.54) is 5.56 Å². The van der Waals surface area contributed by atoms with Crippen LogP contribution in [-0.4, -0.2) is 24.9 Å². The minimum absolute atomic E-state index is 0.0762. The van der Waals surface area contributed by atoms with Crippen molar-refractivity contribution in [2.45, 2.75) is 38.6 Å². The van der Waals surface area contributed by atoms with Gasteiger partial charge in [0.2, 0.25) is 6.29 Å². The number of cyclic esters (lactones) is 1. The molecule has 3 atom stereocenters. The van der Waals surface area contributed by atoms with Crippen molar-refractivity contribution in [1.82, 2.24) is 5.32 Å². The smallest absolute Gasteiger partial charge is 0.309 e. The van der Waals surface area contributed by atoms with Crippen LogP contribution in [-0.2, 0) is 14.3 Å². The van der Waals surface area contributed by atoms with Gasteiger partial charge in [-0.25, -0.2) is 0 Å². The van der Waals surface area contributed by atoms with Crippen molar-refractivity contribution in [3.63, 3.8) is 0 Å². The average Bonchev–Trinajstić information content (AvgIpc) is 2.71. The Bertz CT molecular complexity index is 393. The molecule has 18 heavy (non-hydrogen) atoms. The van der Waals surface area contributed by atoms with Gasteiger partial charge in [-0.05, 0) is 19.4 Å². The maximum atomic E-state index is 11.3. The summed E-state index contributed by atoms with van der Waals surface area (Å²) >= 11 is 0. The Kier molecular flexibility index (Phi) is 4.33. The summed E-state index contributed by atoms with van der Waals surface area (Å²) in [4.78, 5) is 11.3. The molecule has 1 saturated heterocycles. The molecule has 1 aromatic carbocycles. The molecule has 0 unspecified atom stereocenters. The van der Waals surface area contributed by atoms with Crippen molar-refractivity contribution in [3.8, 4) is 0 Å². The third-order valence-corrected chi connectivity index (χ3v) is 3.06. The monoisotopic (exact) mass is 249 g/mol. The summed E-state index contributed by atoms with van der Waals surface area (Å²) in [6.45, 7) is 4.50. The molecule has 0 bridgehead atoms. The first-order chi connectivity index (χ1) is 8.70. The second-order valence-electron chi connectivity index (χ2n) is 4.42. The van der Waals surface area contributed by atoms with E-state index in [2.05, 4.69) is 24.4 Å². The molecule has 1 heterocycles. The van der Waals surface area contributed by atoms with Crippen molar-refractivity contribution in [2.75, 3.05) is 6.61 Å². The predicted molar refractivity (Wildman–Crippen MR) is 67.9 cm³/mol. The van der Waals surface area contributed by atoms with E-state index in [0.29, 0.717) is 13.0 Å². The number of carbonyl (C=O) groups excluding carboxylic acids is 1. The van der Waals surface area contributed by atoms with E-state index in [-0.39, 0.29) is 18.1 Å². The molecule has 0 radical (unpaired) electrons. The van der Waals surface area contributed by atoms with Crippen LogP contribution in [0.15, 0.2) is 30.3 Å². The highest BCUT2D eigenvalue weighted by Crippen LogP contribution is 2.20. The maximum Gasteiger partial charge on any atom is 0.309 e. The van der Waals surface area contributed by atoms with Crippen LogP contribution in [0.2, 0.25) is 0 Å². The van der Waals surface area contributed by atoms with Crippen LogP contribution in [0.1, 0.15) is 31.9 Å². The summed E-state index contributed by atoms with van der Waals surface area (Å²) in [5.41, 5.74) is 1.19. The molecule has 0 amide bonds. The van der Waals surface area contributed by atoms with Gasteiger partial charge in [0.05, 0.1) is 12.5 Å². The number of esters is 1. The summed E-state index contributed by atoms with van der Waals surface area (Å²) in [5.74, 6) is -0.203. The van der Waals surface area contributed by atoms with Gasteiger partial charge in [-0.2, -0.15) is 0 Å². The van der Waals surface area contributed by atoms with Gasteiger partial charge in [0.25, 0.3) is 0 Å². The van der Waals surface area contributed by atoms with Gasteiger partial charge in [0.1, 0.15) is 0 Å². The molecule has 0 aromatic heterocycles. The summed E-state index contributed by atoms with van der Waals surface area (Å²) < 4.78 is 10.5. The zero-order valence-corrected chi connectivity index (χ0v) is 10.8. The Hall–Kier alpha value is -1.39. The molecule has 0 saturated carbocycles. The van der Waals surface area contributed by atoms with Crippen LogP contribution in [0, 0.1) is 0 Å². The number of carbonyl (C=O) groups is 1. The van der Waals surface area contributed by atoms with Gasteiger partial charge < -0.3 is 14.8 Å². The Morgan fingerprint density at radius 2 is 2.17 bits per heavy atom. The number of ether oxygens (including phenoxy) is 2. The molecule has 4 heteroatoms. The third-order valence-electron chi connectivity index (χ3n) is 3.06. The lowest BCUT2D eigenvalue weighted by atomic mass is 10.1. The van der Waals surface area contributed by atoms with Gasteiger partial charge in [0.15, 0.2) is 0 Å². The highest BCUT2D eigenvalue weighted by molar-refractivity contribution is 5.72. The lowest BCUT2D eigenvalue weighted by molar-refractivity contribution is -0.163. The zero-order valence-electron chi connectivity index (χ0n) is 10.8. The minimum Gasteiger partial charge on any atom is -0.434 e. The minimum atomic E-state index is -0.464. The molecule has 0 spiro atoms. The van der Waals surface area contributed by atoms with Gasteiger partial charge in [-0.15, -0.1) is 0 Å². The van der Waals surface area contributed by atoms with E-state index < -0.39 is 6.29 Å². The van der Waals surface area contributed by atoms with Crippen LogP contribution < -0.4 is 5.32 Å². The number of benzene rings is 1. The molecule has 1 fully saturated rings. The molecule has 1 aliphatic heterocycles. The summed E-state index contributed by atoms with van der Waals surface area (Å²) in [5, 5.41) is 3.39. The number of nitrogens with one attached hydrogen (secondary N) is 1. The van der Waals surface area contributed by atoms with Crippen LogP contribution in [0.5, 0.6) is 0 Å². The number of hydrogen-bond donors (Lipinski definition) is 1. The van der Waals surface area contributed by atoms with Gasteiger partial charge in [-0.1, -0.05) is 30.3 Å². The topological polar surface area (TPSA) is 47.6 Å². The molecule has 4 nitrogen and oxygen atoms in total. The van der Waals surface area contributed by atoms with Gasteiger partial charge in [-0.3, -0.25) is 4.79 Å². The molecule has 98 valence electrons. The highest BCUT2D eigenvalue weighted by atomic mass is 16.7. The Morgan fingerprint density at radius 3 is 2.83 bits per heavy atom. The van der Waals surface area contributed by atoms with Crippen LogP contribution >= 0.6 is 0 Å². The third kappa shape index (κ3) is 3.09. The molecule has 0 aliphatic carbocycles. The summed E-state index contributed by atoms with van der Waals surface area (Å²) in [7, 11) is 0. The lowest BCUT2D eigenvalue weighted by Crippen LogP contribution is -2.39. The van der Waals surface area contributed by atoms with Gasteiger partial charge in [0, 0.05) is 12.6 Å². The van der Waals surface area contributed by atoms with Crippen molar-refractivity contribution in [3.05, 3.63) is 35.9 Å². The molecule has 1 aromatic rings.